The third kappa shape index (κ3) is 3.05. The molecule has 0 bridgehead atoms. The first-order chi connectivity index (χ1) is 9.32. The van der Waals surface area contributed by atoms with E-state index in [4.69, 9.17) is 0 Å². The van der Waals surface area contributed by atoms with Crippen LogP contribution in [0.5, 0.6) is 0 Å². The molecule has 0 fully saturated rings. The molecular weight excluding hydrogens is 413 g/mol. The van der Waals surface area contributed by atoms with E-state index in [-0.39, 0.29) is 10.6 Å². The Bertz CT molecular complexity index is 750. The van der Waals surface area contributed by atoms with Crippen LogP contribution in [0.1, 0.15) is 0 Å². The molecule has 0 aliphatic rings. The van der Waals surface area contributed by atoms with Crippen molar-refractivity contribution in [2.45, 2.75) is 4.90 Å². The summed E-state index contributed by atoms with van der Waals surface area (Å²) in [6, 6.07) is 10.2. The van der Waals surface area contributed by atoms with E-state index in [2.05, 4.69) is 31.9 Å². The van der Waals surface area contributed by atoms with Crippen molar-refractivity contribution in [1.29, 1.82) is 0 Å². The van der Waals surface area contributed by atoms with Crippen molar-refractivity contribution in [3.8, 4) is 0 Å². The Morgan fingerprint density at radius 1 is 1.10 bits per heavy atom. The fourth-order valence-corrected chi connectivity index (χ4v) is 4.53. The first-order valence-electron chi connectivity index (χ1n) is 5.52. The first-order valence-corrected chi connectivity index (χ1v) is 8.54. The summed E-state index contributed by atoms with van der Waals surface area (Å²) < 4.78 is 40.5. The zero-order chi connectivity index (χ0) is 14.9. The fourth-order valence-electron chi connectivity index (χ4n) is 1.64. The van der Waals surface area contributed by atoms with Crippen LogP contribution in [0.2, 0.25) is 0 Å². The monoisotopic (exact) mass is 421 g/mol. The summed E-state index contributed by atoms with van der Waals surface area (Å²) in [5.74, 6) is -0.487. The third-order valence-electron chi connectivity index (χ3n) is 2.70. The van der Waals surface area contributed by atoms with Gasteiger partial charge in [0.05, 0.1) is 5.69 Å². The lowest BCUT2D eigenvalue weighted by Crippen LogP contribution is -2.26. The lowest BCUT2D eigenvalue weighted by molar-refractivity contribution is 0.593. The van der Waals surface area contributed by atoms with Gasteiger partial charge in [0.25, 0.3) is 10.0 Å². The van der Waals surface area contributed by atoms with Crippen LogP contribution in [0.15, 0.2) is 56.3 Å². The maximum absolute atomic E-state index is 13.2. The van der Waals surface area contributed by atoms with Crippen LogP contribution in [0.25, 0.3) is 0 Å². The van der Waals surface area contributed by atoms with Gasteiger partial charge in [-0.3, -0.25) is 4.31 Å². The minimum atomic E-state index is -3.76. The Balaban J connectivity index is 2.49. The maximum atomic E-state index is 13.2. The van der Waals surface area contributed by atoms with Gasteiger partial charge < -0.3 is 0 Å². The van der Waals surface area contributed by atoms with E-state index in [0.717, 1.165) is 8.78 Å². The third-order valence-corrected chi connectivity index (χ3v) is 5.96. The molecule has 0 heterocycles. The molecule has 0 unspecified atom stereocenters. The molecule has 0 saturated carbocycles. The van der Waals surface area contributed by atoms with Crippen molar-refractivity contribution < 1.29 is 12.8 Å². The van der Waals surface area contributed by atoms with Crippen molar-refractivity contribution in [1.82, 2.24) is 0 Å². The van der Waals surface area contributed by atoms with Crippen LogP contribution in [-0.4, -0.2) is 15.5 Å². The zero-order valence-electron chi connectivity index (χ0n) is 10.3. The van der Waals surface area contributed by atoms with Crippen LogP contribution < -0.4 is 4.31 Å². The average Bonchev–Trinajstić information content (AvgIpc) is 2.37. The van der Waals surface area contributed by atoms with Gasteiger partial charge in [0, 0.05) is 16.0 Å². The zero-order valence-corrected chi connectivity index (χ0v) is 14.3. The first kappa shape index (κ1) is 15.5. The molecule has 0 spiro atoms. The summed E-state index contributed by atoms with van der Waals surface area (Å²) >= 11 is 6.49. The van der Waals surface area contributed by atoms with Gasteiger partial charge in [-0.25, -0.2) is 12.8 Å². The van der Waals surface area contributed by atoms with E-state index < -0.39 is 15.8 Å². The van der Waals surface area contributed by atoms with Gasteiger partial charge in [-0.05, 0) is 52.3 Å². The molecule has 0 aromatic heterocycles. The molecule has 20 heavy (non-hydrogen) atoms. The van der Waals surface area contributed by atoms with Crippen molar-refractivity contribution >= 4 is 47.6 Å². The van der Waals surface area contributed by atoms with Gasteiger partial charge in [0.2, 0.25) is 0 Å². The van der Waals surface area contributed by atoms with Crippen LogP contribution in [0.3, 0.4) is 0 Å². The van der Waals surface area contributed by atoms with Gasteiger partial charge in [-0.1, -0.05) is 22.0 Å². The average molecular weight is 423 g/mol. The Morgan fingerprint density at radius 2 is 1.80 bits per heavy atom. The molecule has 2 aromatic rings. The van der Waals surface area contributed by atoms with Crippen LogP contribution >= 0.6 is 31.9 Å². The molecule has 0 atom stereocenters. The summed E-state index contributed by atoms with van der Waals surface area (Å²) in [6.07, 6.45) is 0. The standard InChI is InChI=1S/C13H10Br2FNO2S/c1-17(11-4-2-3-10(16)8-11)20(18,19)13-6-5-9(14)7-12(13)15/h2-8H,1H3. The van der Waals surface area contributed by atoms with Crippen LogP contribution in [0.4, 0.5) is 10.1 Å². The summed E-state index contributed by atoms with van der Waals surface area (Å²) in [5, 5.41) is 0. The predicted molar refractivity (Wildman–Crippen MR) is 83.8 cm³/mol. The number of hydrogen-bond acceptors (Lipinski definition) is 2. The van der Waals surface area contributed by atoms with Crippen molar-refractivity contribution in [2.75, 3.05) is 11.4 Å². The second-order valence-electron chi connectivity index (χ2n) is 4.03. The van der Waals surface area contributed by atoms with E-state index in [0.29, 0.717) is 4.47 Å². The van der Waals surface area contributed by atoms with Gasteiger partial charge in [-0.2, -0.15) is 0 Å². The highest BCUT2D eigenvalue weighted by molar-refractivity contribution is 9.11. The number of benzene rings is 2. The number of hydrogen-bond donors (Lipinski definition) is 0. The number of rotatable bonds is 3. The molecule has 3 nitrogen and oxygen atoms in total. The Labute approximate surface area is 133 Å². The summed E-state index contributed by atoms with van der Waals surface area (Å²) in [4.78, 5) is 0.118. The molecule has 106 valence electrons. The smallest absolute Gasteiger partial charge is 0.265 e. The quantitative estimate of drug-likeness (QED) is 0.744. The molecule has 0 aliphatic carbocycles. The minimum absolute atomic E-state index is 0.118. The highest BCUT2D eigenvalue weighted by atomic mass is 79.9. The van der Waals surface area contributed by atoms with Crippen molar-refractivity contribution in [3.05, 3.63) is 57.2 Å². The van der Waals surface area contributed by atoms with Gasteiger partial charge in [0.15, 0.2) is 0 Å². The SMILES string of the molecule is CN(c1cccc(F)c1)S(=O)(=O)c1ccc(Br)cc1Br. The molecule has 0 aliphatic heterocycles. The lowest BCUT2D eigenvalue weighted by atomic mass is 10.3. The molecule has 2 rings (SSSR count). The molecular formula is C13H10Br2FNO2S. The maximum Gasteiger partial charge on any atom is 0.265 e. The largest absolute Gasteiger partial charge is 0.269 e. The second-order valence-corrected chi connectivity index (χ2v) is 7.73. The molecule has 0 amide bonds. The highest BCUT2D eigenvalue weighted by Crippen LogP contribution is 2.30. The molecule has 0 N–H and O–H groups in total. The topological polar surface area (TPSA) is 37.4 Å². The van der Waals surface area contributed by atoms with E-state index in [1.807, 2.05) is 0 Å². The van der Waals surface area contributed by atoms with Crippen molar-refractivity contribution in [2.24, 2.45) is 0 Å². The van der Waals surface area contributed by atoms with Gasteiger partial charge in [0.1, 0.15) is 10.7 Å². The fraction of sp³-hybridized carbons (Fsp3) is 0.0769. The number of sulfonamides is 1. The molecule has 0 saturated heterocycles. The summed E-state index contributed by atoms with van der Waals surface area (Å²) in [6.45, 7) is 0. The highest BCUT2D eigenvalue weighted by Gasteiger charge is 2.24. The Kier molecular flexibility index (Phi) is 4.51. The van der Waals surface area contributed by atoms with E-state index in [1.54, 1.807) is 12.1 Å². The second kappa shape index (κ2) is 5.83. The number of nitrogens with zero attached hydrogens (tertiary/aromatic N) is 1. The summed E-state index contributed by atoms with van der Waals surface area (Å²) in [7, 11) is -2.37. The summed E-state index contributed by atoms with van der Waals surface area (Å²) in [5.41, 5.74) is 0.264. The lowest BCUT2D eigenvalue weighted by Gasteiger charge is -2.20. The Morgan fingerprint density at radius 3 is 2.40 bits per heavy atom. The predicted octanol–water partition coefficient (Wildman–Crippen LogP) is 4.18. The van der Waals surface area contributed by atoms with Crippen LogP contribution in [-0.2, 0) is 10.0 Å². The minimum Gasteiger partial charge on any atom is -0.269 e. The van der Waals surface area contributed by atoms with Crippen molar-refractivity contribution in [3.63, 3.8) is 0 Å². The molecule has 7 heteroatoms. The number of anilines is 1. The molecule has 0 radical (unpaired) electrons. The van der Waals surface area contributed by atoms with Gasteiger partial charge in [-0.15, -0.1) is 0 Å². The molecule has 2 aromatic carbocycles. The van der Waals surface area contributed by atoms with E-state index >= 15 is 0 Å². The Hall–Kier alpha value is -0.920. The number of halogens is 3. The van der Waals surface area contributed by atoms with E-state index in [1.165, 1.54) is 37.4 Å². The van der Waals surface area contributed by atoms with Crippen LogP contribution in [0, 0.1) is 5.82 Å². The normalized spacial score (nSPS) is 11.4. The van der Waals surface area contributed by atoms with Gasteiger partial charge >= 0.3 is 0 Å². The van der Waals surface area contributed by atoms with E-state index in [9.17, 15) is 12.8 Å².